The van der Waals surface area contributed by atoms with Gasteiger partial charge >= 0.3 is 5.97 Å². The lowest BCUT2D eigenvalue weighted by molar-refractivity contribution is -0.157. The number of Topliss-reactive ketones (excluding diaryl/α,β-unsaturated/α-hetero) is 1. The molecular weight excluding hydrogens is 362 g/mol. The summed E-state index contributed by atoms with van der Waals surface area (Å²) in [6.45, 7) is 1.03. The first-order valence-corrected chi connectivity index (χ1v) is 9.63. The van der Waals surface area contributed by atoms with Crippen LogP contribution < -0.4 is 4.74 Å². The SMILES string of the molecule is COc1cccc(C(=O)COC(=O)[C@H](C)N2C(=O)[C@@H]3[C@H]4CC[C@@H](C4)[C@H]3C2=O)c1. The van der Waals surface area contributed by atoms with Gasteiger partial charge in [0.05, 0.1) is 18.9 Å². The van der Waals surface area contributed by atoms with Crippen molar-refractivity contribution in [3.63, 3.8) is 0 Å². The lowest BCUT2D eigenvalue weighted by Crippen LogP contribution is -2.45. The highest BCUT2D eigenvalue weighted by Crippen LogP contribution is 2.56. The molecule has 7 nitrogen and oxygen atoms in total. The zero-order valence-corrected chi connectivity index (χ0v) is 15.9. The highest BCUT2D eigenvalue weighted by molar-refractivity contribution is 6.08. The van der Waals surface area contributed by atoms with Crippen LogP contribution in [0, 0.1) is 23.7 Å². The van der Waals surface area contributed by atoms with E-state index in [1.807, 2.05) is 0 Å². The molecule has 1 aromatic carbocycles. The van der Waals surface area contributed by atoms with E-state index in [0.717, 1.165) is 24.2 Å². The van der Waals surface area contributed by atoms with Gasteiger partial charge in [0.2, 0.25) is 11.8 Å². The number of ketones is 1. The lowest BCUT2D eigenvalue weighted by atomic mass is 9.81. The van der Waals surface area contributed by atoms with Gasteiger partial charge in [-0.05, 0) is 50.2 Å². The summed E-state index contributed by atoms with van der Waals surface area (Å²) in [5.74, 6) is -1.15. The number of hydrogen-bond acceptors (Lipinski definition) is 6. The fourth-order valence-electron chi connectivity index (χ4n) is 5.06. The molecule has 0 aromatic heterocycles. The Balaban J connectivity index is 1.39. The second kappa shape index (κ2) is 7.04. The molecular formula is C21H23NO6. The quantitative estimate of drug-likeness (QED) is 0.422. The van der Waals surface area contributed by atoms with Gasteiger partial charge in [0.1, 0.15) is 11.8 Å². The van der Waals surface area contributed by atoms with Gasteiger partial charge in [-0.1, -0.05) is 12.1 Å². The molecule has 5 atom stereocenters. The summed E-state index contributed by atoms with van der Waals surface area (Å²) >= 11 is 0. The minimum Gasteiger partial charge on any atom is -0.497 e. The van der Waals surface area contributed by atoms with E-state index in [9.17, 15) is 19.2 Å². The number of esters is 1. The molecule has 1 saturated heterocycles. The molecule has 2 amide bonds. The second-order valence-electron chi connectivity index (χ2n) is 7.87. The standard InChI is InChI=1S/C21H23NO6/c1-11(21(26)28-10-16(23)12-4-3-5-15(9-12)27-2)22-19(24)17-13-6-7-14(8-13)18(17)20(22)25/h3-5,9,11,13-14,17-18H,6-8,10H2,1-2H3/t11-,13-,14-,17+,18+/m0/s1. The van der Waals surface area contributed by atoms with E-state index >= 15 is 0 Å². The van der Waals surface area contributed by atoms with E-state index in [1.54, 1.807) is 24.3 Å². The highest BCUT2D eigenvalue weighted by atomic mass is 16.5. The van der Waals surface area contributed by atoms with Crippen LogP contribution in [0.4, 0.5) is 0 Å². The van der Waals surface area contributed by atoms with Crippen molar-refractivity contribution in [3.8, 4) is 5.75 Å². The zero-order chi connectivity index (χ0) is 20.0. The van der Waals surface area contributed by atoms with E-state index in [2.05, 4.69) is 0 Å². The number of amides is 2. The molecule has 2 bridgehead atoms. The van der Waals surface area contributed by atoms with Crippen LogP contribution in [0.25, 0.3) is 0 Å². The number of carbonyl (C=O) groups excluding carboxylic acids is 4. The van der Waals surface area contributed by atoms with Crippen LogP contribution in [0.3, 0.4) is 0 Å². The first-order chi connectivity index (χ1) is 13.4. The van der Waals surface area contributed by atoms with Crippen molar-refractivity contribution in [2.45, 2.75) is 32.2 Å². The number of fused-ring (bicyclic) bond motifs is 5. The molecule has 3 fully saturated rings. The Hall–Kier alpha value is -2.70. The molecule has 2 saturated carbocycles. The fraction of sp³-hybridized carbons (Fsp3) is 0.524. The van der Waals surface area contributed by atoms with Crippen molar-refractivity contribution in [3.05, 3.63) is 29.8 Å². The van der Waals surface area contributed by atoms with E-state index in [1.165, 1.54) is 14.0 Å². The number of nitrogens with zero attached hydrogens (tertiary/aromatic N) is 1. The summed E-state index contributed by atoms with van der Waals surface area (Å²) in [7, 11) is 1.50. The predicted octanol–water partition coefficient (Wildman–Crippen LogP) is 1.84. The van der Waals surface area contributed by atoms with Gasteiger partial charge in [-0.25, -0.2) is 4.79 Å². The number of methoxy groups -OCH3 is 1. The van der Waals surface area contributed by atoms with Gasteiger partial charge in [0.25, 0.3) is 0 Å². The summed E-state index contributed by atoms with van der Waals surface area (Å²) < 4.78 is 10.2. The van der Waals surface area contributed by atoms with Crippen molar-refractivity contribution >= 4 is 23.6 Å². The third-order valence-electron chi connectivity index (χ3n) is 6.43. The number of hydrogen-bond donors (Lipinski definition) is 0. The van der Waals surface area contributed by atoms with Crippen molar-refractivity contribution in [1.82, 2.24) is 4.90 Å². The number of rotatable bonds is 6. The molecule has 0 N–H and O–H groups in total. The van der Waals surface area contributed by atoms with Crippen LogP contribution in [-0.2, 0) is 19.1 Å². The topological polar surface area (TPSA) is 90.0 Å². The third kappa shape index (κ3) is 2.89. The van der Waals surface area contributed by atoms with E-state index < -0.39 is 18.6 Å². The monoisotopic (exact) mass is 385 g/mol. The van der Waals surface area contributed by atoms with Crippen LogP contribution in [0.15, 0.2) is 24.3 Å². The Labute approximate surface area is 163 Å². The maximum absolute atomic E-state index is 12.8. The summed E-state index contributed by atoms with van der Waals surface area (Å²) in [6, 6.07) is 5.52. The van der Waals surface area contributed by atoms with Crippen molar-refractivity contribution < 1.29 is 28.7 Å². The Kier molecular flexibility index (Phi) is 4.69. The molecule has 1 aliphatic heterocycles. The smallest absolute Gasteiger partial charge is 0.329 e. The van der Waals surface area contributed by atoms with Crippen molar-refractivity contribution in [2.75, 3.05) is 13.7 Å². The number of likely N-dealkylation sites (tertiary alicyclic amines) is 1. The van der Waals surface area contributed by atoms with E-state index in [0.29, 0.717) is 11.3 Å². The first kappa shape index (κ1) is 18.7. The molecule has 28 heavy (non-hydrogen) atoms. The largest absolute Gasteiger partial charge is 0.497 e. The van der Waals surface area contributed by atoms with Gasteiger partial charge in [-0.15, -0.1) is 0 Å². The Bertz CT molecular complexity index is 821. The number of benzene rings is 1. The van der Waals surface area contributed by atoms with E-state index in [4.69, 9.17) is 9.47 Å². The maximum Gasteiger partial charge on any atom is 0.329 e. The van der Waals surface area contributed by atoms with Crippen LogP contribution in [0.2, 0.25) is 0 Å². The lowest BCUT2D eigenvalue weighted by Gasteiger charge is -2.22. The van der Waals surface area contributed by atoms with Crippen molar-refractivity contribution in [1.29, 1.82) is 0 Å². The highest BCUT2D eigenvalue weighted by Gasteiger charge is 2.62. The molecule has 0 radical (unpaired) electrons. The van der Waals surface area contributed by atoms with Gasteiger partial charge in [-0.2, -0.15) is 0 Å². The van der Waals surface area contributed by atoms with Gasteiger partial charge < -0.3 is 9.47 Å². The first-order valence-electron chi connectivity index (χ1n) is 9.63. The van der Waals surface area contributed by atoms with Crippen LogP contribution in [0.1, 0.15) is 36.5 Å². The molecule has 7 heteroatoms. The summed E-state index contributed by atoms with van der Waals surface area (Å²) in [5.41, 5.74) is 0.360. The Morgan fingerprint density at radius 3 is 2.39 bits per heavy atom. The molecule has 1 aromatic rings. The van der Waals surface area contributed by atoms with Gasteiger partial charge in [-0.3, -0.25) is 19.3 Å². The molecule has 0 spiro atoms. The average molecular weight is 385 g/mol. The number of imide groups is 1. The van der Waals surface area contributed by atoms with E-state index in [-0.39, 0.29) is 41.3 Å². The molecule has 148 valence electrons. The minimum atomic E-state index is -1.02. The van der Waals surface area contributed by atoms with Gasteiger partial charge in [0, 0.05) is 5.56 Å². The Morgan fingerprint density at radius 1 is 1.14 bits per heavy atom. The fourth-order valence-corrected chi connectivity index (χ4v) is 5.06. The maximum atomic E-state index is 12.8. The Morgan fingerprint density at radius 2 is 1.79 bits per heavy atom. The normalized spacial score (nSPS) is 29.0. The third-order valence-corrected chi connectivity index (χ3v) is 6.43. The zero-order valence-electron chi connectivity index (χ0n) is 15.9. The molecule has 2 aliphatic carbocycles. The van der Waals surface area contributed by atoms with Crippen LogP contribution >= 0.6 is 0 Å². The predicted molar refractivity (Wildman–Crippen MR) is 97.4 cm³/mol. The van der Waals surface area contributed by atoms with Crippen molar-refractivity contribution in [2.24, 2.45) is 23.7 Å². The number of ether oxygens (including phenoxy) is 2. The second-order valence-corrected chi connectivity index (χ2v) is 7.87. The average Bonchev–Trinajstić information content (AvgIpc) is 3.39. The summed E-state index contributed by atoms with van der Waals surface area (Å²) in [5, 5.41) is 0. The van der Waals surface area contributed by atoms with Crippen LogP contribution in [-0.4, -0.2) is 48.2 Å². The molecule has 0 unspecified atom stereocenters. The summed E-state index contributed by atoms with van der Waals surface area (Å²) in [4.78, 5) is 51.3. The minimum absolute atomic E-state index is 0.259. The molecule has 3 aliphatic rings. The van der Waals surface area contributed by atoms with Gasteiger partial charge in [0.15, 0.2) is 12.4 Å². The number of carbonyl (C=O) groups is 4. The van der Waals surface area contributed by atoms with Crippen LogP contribution in [0.5, 0.6) is 5.75 Å². The summed E-state index contributed by atoms with van der Waals surface area (Å²) in [6.07, 6.45) is 2.90. The molecule has 4 rings (SSSR count). The molecule has 1 heterocycles.